The van der Waals surface area contributed by atoms with E-state index in [-0.39, 0.29) is 5.91 Å². The number of anilines is 1. The van der Waals surface area contributed by atoms with Crippen LogP contribution >= 0.6 is 11.3 Å². The molecule has 0 bridgehead atoms. The van der Waals surface area contributed by atoms with Gasteiger partial charge in [-0.25, -0.2) is 4.98 Å². The van der Waals surface area contributed by atoms with Crippen molar-refractivity contribution in [1.29, 1.82) is 0 Å². The van der Waals surface area contributed by atoms with Crippen molar-refractivity contribution in [3.63, 3.8) is 0 Å². The smallest absolute Gasteiger partial charge is 0.227 e. The van der Waals surface area contributed by atoms with E-state index in [1.165, 1.54) is 0 Å². The number of carbonyl (C=O) groups is 1. The van der Waals surface area contributed by atoms with Crippen LogP contribution in [0.2, 0.25) is 0 Å². The number of nitrogens with one attached hydrogen (secondary N) is 1. The van der Waals surface area contributed by atoms with Gasteiger partial charge in [0.05, 0.1) is 24.5 Å². The van der Waals surface area contributed by atoms with Gasteiger partial charge in [-0.1, -0.05) is 0 Å². The molecule has 1 N–H and O–H groups in total. The van der Waals surface area contributed by atoms with Gasteiger partial charge >= 0.3 is 0 Å². The number of hydrogen-bond donors (Lipinski definition) is 1. The molecule has 128 valence electrons. The highest BCUT2D eigenvalue weighted by Gasteiger charge is 2.21. The summed E-state index contributed by atoms with van der Waals surface area (Å²) in [5.74, 6) is 1.63. The van der Waals surface area contributed by atoms with Crippen LogP contribution in [0.25, 0.3) is 0 Å². The molecule has 1 aliphatic heterocycles. The number of hydrogen-bond acceptors (Lipinski definition) is 5. The Morgan fingerprint density at radius 2 is 2.25 bits per heavy atom. The number of thiophene rings is 1. The lowest BCUT2D eigenvalue weighted by Gasteiger charge is -2.20. The van der Waals surface area contributed by atoms with Crippen LogP contribution in [0.4, 0.5) is 5.82 Å². The van der Waals surface area contributed by atoms with E-state index in [4.69, 9.17) is 0 Å². The summed E-state index contributed by atoms with van der Waals surface area (Å²) in [5, 5.41) is 7.08. The topological polar surface area (TPSA) is 58.1 Å². The van der Waals surface area contributed by atoms with Crippen molar-refractivity contribution in [3.05, 3.63) is 40.5 Å². The molecule has 0 saturated carbocycles. The van der Waals surface area contributed by atoms with E-state index < -0.39 is 0 Å². The maximum Gasteiger partial charge on any atom is 0.227 e. The first kappa shape index (κ1) is 16.9. The zero-order valence-corrected chi connectivity index (χ0v) is 14.9. The van der Waals surface area contributed by atoms with Gasteiger partial charge in [-0.2, -0.15) is 11.3 Å². The molecular weight excluding hydrogens is 320 g/mol. The predicted molar refractivity (Wildman–Crippen MR) is 97.2 cm³/mol. The number of nitrogens with zero attached hydrogens (tertiary/aromatic N) is 3. The van der Waals surface area contributed by atoms with E-state index in [1.807, 2.05) is 29.6 Å². The van der Waals surface area contributed by atoms with Crippen LogP contribution in [0, 0.1) is 5.92 Å². The van der Waals surface area contributed by atoms with Crippen molar-refractivity contribution in [1.82, 2.24) is 14.9 Å². The van der Waals surface area contributed by atoms with E-state index >= 15 is 0 Å². The van der Waals surface area contributed by atoms with E-state index in [0.717, 1.165) is 55.8 Å². The summed E-state index contributed by atoms with van der Waals surface area (Å²) in [4.78, 5) is 23.3. The molecule has 2 aromatic heterocycles. The first-order chi connectivity index (χ1) is 11.7. The van der Waals surface area contributed by atoms with Gasteiger partial charge in [0.25, 0.3) is 0 Å². The van der Waals surface area contributed by atoms with Gasteiger partial charge in [0.15, 0.2) is 0 Å². The van der Waals surface area contributed by atoms with Gasteiger partial charge in [-0.3, -0.25) is 9.78 Å². The van der Waals surface area contributed by atoms with Crippen molar-refractivity contribution >= 4 is 23.1 Å². The van der Waals surface area contributed by atoms with Crippen molar-refractivity contribution in [2.75, 3.05) is 25.5 Å². The summed E-state index contributed by atoms with van der Waals surface area (Å²) in [5.41, 5.74) is 2.17. The van der Waals surface area contributed by atoms with E-state index in [1.54, 1.807) is 17.5 Å². The maximum absolute atomic E-state index is 12.5. The summed E-state index contributed by atoms with van der Waals surface area (Å²) < 4.78 is 0. The second-order valence-corrected chi connectivity index (χ2v) is 7.11. The van der Waals surface area contributed by atoms with Gasteiger partial charge < -0.3 is 10.2 Å². The minimum absolute atomic E-state index is 0.257. The van der Waals surface area contributed by atoms with E-state index in [0.29, 0.717) is 12.3 Å². The van der Waals surface area contributed by atoms with Crippen molar-refractivity contribution in [3.8, 4) is 0 Å². The molecule has 0 radical (unpaired) electrons. The molecule has 6 heteroatoms. The molecule has 1 fully saturated rings. The molecule has 0 spiro atoms. The molecular formula is C18H24N4OS. The summed E-state index contributed by atoms with van der Waals surface area (Å²) in [6.07, 6.45) is 8.39. The molecule has 3 heterocycles. The molecule has 2 aromatic rings. The summed E-state index contributed by atoms with van der Waals surface area (Å²) >= 11 is 1.65. The summed E-state index contributed by atoms with van der Waals surface area (Å²) in [6, 6.07) is 2.04. The Kier molecular flexibility index (Phi) is 5.80. The first-order valence-electron chi connectivity index (χ1n) is 8.52. The summed E-state index contributed by atoms with van der Waals surface area (Å²) in [7, 11) is 1.84. The minimum atomic E-state index is 0.257. The van der Waals surface area contributed by atoms with Gasteiger partial charge in [0.1, 0.15) is 5.82 Å². The van der Waals surface area contributed by atoms with Crippen LogP contribution in [-0.2, 0) is 17.6 Å². The molecule has 1 saturated heterocycles. The third-order valence-electron chi connectivity index (χ3n) is 4.60. The molecule has 1 amide bonds. The molecule has 0 unspecified atom stereocenters. The first-order valence-corrected chi connectivity index (χ1v) is 9.46. The largest absolute Gasteiger partial charge is 0.372 e. The highest BCUT2D eigenvalue weighted by molar-refractivity contribution is 7.07. The average molecular weight is 344 g/mol. The Morgan fingerprint density at radius 3 is 2.96 bits per heavy atom. The quantitative estimate of drug-likeness (QED) is 0.906. The molecule has 1 aliphatic rings. The lowest BCUT2D eigenvalue weighted by atomic mass is 9.95. The predicted octanol–water partition coefficient (Wildman–Crippen LogP) is 2.99. The van der Waals surface area contributed by atoms with E-state index in [2.05, 4.69) is 20.7 Å². The molecule has 24 heavy (non-hydrogen) atoms. The maximum atomic E-state index is 12.5. The van der Waals surface area contributed by atoms with Gasteiger partial charge in [0, 0.05) is 20.1 Å². The fraction of sp³-hybridized carbons (Fsp3) is 0.500. The Labute approximate surface area is 147 Å². The van der Waals surface area contributed by atoms with Crippen LogP contribution in [0.3, 0.4) is 0 Å². The second-order valence-electron chi connectivity index (χ2n) is 6.33. The Morgan fingerprint density at radius 1 is 1.33 bits per heavy atom. The zero-order chi connectivity index (χ0) is 16.8. The highest BCUT2D eigenvalue weighted by atomic mass is 32.1. The van der Waals surface area contributed by atoms with Crippen molar-refractivity contribution in [2.24, 2.45) is 5.92 Å². The van der Waals surface area contributed by atoms with Crippen LogP contribution in [0.5, 0.6) is 0 Å². The second kappa shape index (κ2) is 8.24. The lowest BCUT2D eigenvalue weighted by Crippen LogP contribution is -2.33. The normalized spacial score (nSPS) is 18.2. The Bertz CT molecular complexity index is 642. The zero-order valence-electron chi connectivity index (χ0n) is 14.1. The van der Waals surface area contributed by atoms with Crippen molar-refractivity contribution in [2.45, 2.75) is 32.1 Å². The Balaban J connectivity index is 1.51. The average Bonchev–Trinajstić information content (AvgIpc) is 3.00. The molecule has 3 rings (SSSR count). The number of carbonyl (C=O) groups excluding carboxylic acids is 1. The number of rotatable bonds is 5. The highest BCUT2D eigenvalue weighted by Crippen LogP contribution is 2.22. The fourth-order valence-corrected chi connectivity index (χ4v) is 3.85. The standard InChI is InChI=1S/C18H24N4OS/c1-19-17-12-20-16(11-21-17)9-14-3-2-6-22(7-4-14)18(23)10-15-5-8-24-13-15/h5,8,11-14H,2-4,6-7,9-10H2,1H3,(H,19,21)/t14-/m0/s1. The minimum Gasteiger partial charge on any atom is -0.372 e. The third-order valence-corrected chi connectivity index (χ3v) is 5.33. The van der Waals surface area contributed by atoms with Crippen LogP contribution < -0.4 is 5.32 Å². The van der Waals surface area contributed by atoms with Gasteiger partial charge in [-0.15, -0.1) is 0 Å². The monoisotopic (exact) mass is 344 g/mol. The van der Waals surface area contributed by atoms with Gasteiger partial charge in [0.2, 0.25) is 5.91 Å². The molecule has 5 nitrogen and oxygen atoms in total. The molecule has 0 aliphatic carbocycles. The lowest BCUT2D eigenvalue weighted by molar-refractivity contribution is -0.130. The van der Waals surface area contributed by atoms with Crippen LogP contribution in [0.15, 0.2) is 29.2 Å². The van der Waals surface area contributed by atoms with E-state index in [9.17, 15) is 4.79 Å². The number of likely N-dealkylation sites (tertiary alicyclic amines) is 1. The van der Waals surface area contributed by atoms with Crippen molar-refractivity contribution < 1.29 is 4.79 Å². The molecule has 1 atom stereocenters. The molecule has 0 aromatic carbocycles. The third kappa shape index (κ3) is 4.54. The van der Waals surface area contributed by atoms with Crippen LogP contribution in [0.1, 0.15) is 30.5 Å². The number of aromatic nitrogens is 2. The van der Waals surface area contributed by atoms with Gasteiger partial charge in [-0.05, 0) is 54.0 Å². The SMILES string of the molecule is CNc1cnc(C[C@H]2CCCN(C(=O)Cc3ccsc3)CC2)cn1. The summed E-state index contributed by atoms with van der Waals surface area (Å²) in [6.45, 7) is 1.74. The number of amides is 1. The Hall–Kier alpha value is -1.95. The fourth-order valence-electron chi connectivity index (χ4n) is 3.18. The van der Waals surface area contributed by atoms with Crippen LogP contribution in [-0.4, -0.2) is 40.9 Å².